The molecule has 0 atom stereocenters. The van der Waals surface area contributed by atoms with Gasteiger partial charge in [-0.25, -0.2) is 4.39 Å². The van der Waals surface area contributed by atoms with Gasteiger partial charge >= 0.3 is 0 Å². The molecule has 2 aromatic heterocycles. The Morgan fingerprint density at radius 1 is 1.05 bits per heavy atom. The number of nitrogens with one attached hydrogen (secondary N) is 1. The highest BCUT2D eigenvalue weighted by atomic mass is 19.1. The zero-order chi connectivity index (χ0) is 15.4. The number of aromatic nitrogens is 2. The first kappa shape index (κ1) is 14.2. The summed E-state index contributed by atoms with van der Waals surface area (Å²) in [7, 11) is 0. The van der Waals surface area contributed by atoms with Crippen LogP contribution >= 0.6 is 0 Å². The van der Waals surface area contributed by atoms with E-state index in [-0.39, 0.29) is 12.4 Å². The first-order valence-corrected chi connectivity index (χ1v) is 6.94. The summed E-state index contributed by atoms with van der Waals surface area (Å²) in [6.07, 6.45) is 8.88. The maximum atomic E-state index is 13.1. The molecule has 3 rings (SSSR count). The maximum absolute atomic E-state index is 13.1. The molecule has 22 heavy (non-hydrogen) atoms. The third-order valence-corrected chi connectivity index (χ3v) is 3.42. The van der Waals surface area contributed by atoms with E-state index in [0.717, 1.165) is 27.9 Å². The second-order valence-corrected chi connectivity index (χ2v) is 4.82. The van der Waals surface area contributed by atoms with Crippen molar-refractivity contribution < 1.29 is 9.50 Å². The Balaban J connectivity index is 2.16. The van der Waals surface area contributed by atoms with Crippen LogP contribution in [0.4, 0.5) is 4.39 Å². The van der Waals surface area contributed by atoms with Gasteiger partial charge in [0.05, 0.1) is 12.3 Å². The summed E-state index contributed by atoms with van der Waals surface area (Å²) in [4.78, 5) is 7.29. The highest BCUT2D eigenvalue weighted by Gasteiger charge is 2.13. The molecular weight excluding hydrogens is 279 g/mol. The number of hydrogen-bond donors (Lipinski definition) is 2. The van der Waals surface area contributed by atoms with Crippen LogP contribution in [0.1, 0.15) is 5.56 Å². The number of pyridine rings is 1. The first-order valence-electron chi connectivity index (χ1n) is 6.94. The Bertz CT molecular complexity index is 777. The minimum atomic E-state index is -0.263. The van der Waals surface area contributed by atoms with Crippen LogP contribution in [0.25, 0.3) is 28.5 Å². The molecule has 2 N–H and O–H groups in total. The van der Waals surface area contributed by atoms with Crippen molar-refractivity contribution in [2.24, 2.45) is 0 Å². The van der Waals surface area contributed by atoms with Crippen molar-refractivity contribution in [1.29, 1.82) is 0 Å². The van der Waals surface area contributed by atoms with Crippen molar-refractivity contribution in [2.75, 3.05) is 6.61 Å². The summed E-state index contributed by atoms with van der Waals surface area (Å²) in [5.41, 5.74) is 4.77. The molecule has 2 heterocycles. The SMILES string of the molecule is OC/C=C/c1c[nH]c(-c2ccc(F)cc2)c1-c1ccncc1. The normalized spacial score (nSPS) is 11.2. The predicted octanol–water partition coefficient (Wildman–Crippen LogP) is 3.89. The number of aromatic amines is 1. The number of H-pyrrole nitrogens is 1. The van der Waals surface area contributed by atoms with Crippen molar-refractivity contribution in [3.8, 4) is 22.4 Å². The largest absolute Gasteiger partial charge is 0.392 e. The average molecular weight is 294 g/mol. The lowest BCUT2D eigenvalue weighted by Crippen LogP contribution is -1.85. The Morgan fingerprint density at radius 2 is 1.77 bits per heavy atom. The van der Waals surface area contributed by atoms with Crippen molar-refractivity contribution >= 4 is 6.08 Å². The fourth-order valence-electron chi connectivity index (χ4n) is 2.42. The molecule has 0 aliphatic carbocycles. The molecule has 0 fully saturated rings. The van der Waals surface area contributed by atoms with E-state index in [2.05, 4.69) is 9.97 Å². The monoisotopic (exact) mass is 294 g/mol. The summed E-state index contributed by atoms with van der Waals surface area (Å²) in [6, 6.07) is 10.2. The number of hydrogen-bond acceptors (Lipinski definition) is 2. The van der Waals surface area contributed by atoms with E-state index >= 15 is 0 Å². The highest BCUT2D eigenvalue weighted by Crippen LogP contribution is 2.35. The van der Waals surface area contributed by atoms with Crippen molar-refractivity contribution in [2.45, 2.75) is 0 Å². The number of nitrogens with zero attached hydrogens (tertiary/aromatic N) is 1. The highest BCUT2D eigenvalue weighted by molar-refractivity contribution is 5.87. The molecule has 0 spiro atoms. The van der Waals surface area contributed by atoms with Crippen LogP contribution in [0.5, 0.6) is 0 Å². The Labute approximate surface area is 127 Å². The van der Waals surface area contributed by atoms with Crippen LogP contribution in [0.15, 0.2) is 61.1 Å². The fourth-order valence-corrected chi connectivity index (χ4v) is 2.42. The Hall–Kier alpha value is -2.72. The lowest BCUT2D eigenvalue weighted by atomic mass is 9.98. The molecule has 3 aromatic rings. The Kier molecular flexibility index (Phi) is 4.12. The van der Waals surface area contributed by atoms with E-state index < -0.39 is 0 Å². The number of halogens is 1. The lowest BCUT2D eigenvalue weighted by Gasteiger charge is -2.06. The smallest absolute Gasteiger partial charge is 0.123 e. The van der Waals surface area contributed by atoms with E-state index in [4.69, 9.17) is 5.11 Å². The molecular formula is C18H15FN2O. The molecule has 0 aliphatic heterocycles. The molecule has 4 heteroatoms. The van der Waals surface area contributed by atoms with Crippen LogP contribution in [-0.2, 0) is 0 Å². The van der Waals surface area contributed by atoms with Crippen LogP contribution < -0.4 is 0 Å². The number of rotatable bonds is 4. The second-order valence-electron chi connectivity index (χ2n) is 4.82. The quantitative estimate of drug-likeness (QED) is 0.767. The fraction of sp³-hybridized carbons (Fsp3) is 0.0556. The molecule has 0 radical (unpaired) electrons. The molecule has 3 nitrogen and oxygen atoms in total. The number of benzene rings is 1. The number of aliphatic hydroxyl groups is 1. The van der Waals surface area contributed by atoms with Gasteiger partial charge in [0, 0.05) is 29.7 Å². The number of aliphatic hydroxyl groups excluding tert-OH is 1. The zero-order valence-corrected chi connectivity index (χ0v) is 11.8. The lowest BCUT2D eigenvalue weighted by molar-refractivity contribution is 0.343. The predicted molar refractivity (Wildman–Crippen MR) is 85.5 cm³/mol. The van der Waals surface area contributed by atoms with E-state index in [0.29, 0.717) is 0 Å². The zero-order valence-electron chi connectivity index (χ0n) is 11.8. The molecule has 0 saturated heterocycles. The standard InChI is InChI=1S/C18H15FN2O/c19-16-5-3-14(4-6-16)18-17(13-7-9-20-10-8-13)15(12-21-18)2-1-11-22/h1-10,12,21-22H,11H2/b2-1+. The topological polar surface area (TPSA) is 48.9 Å². The van der Waals surface area contributed by atoms with Gasteiger partial charge in [-0.2, -0.15) is 0 Å². The molecule has 1 aromatic carbocycles. The van der Waals surface area contributed by atoms with Gasteiger partial charge in [0.1, 0.15) is 5.82 Å². The van der Waals surface area contributed by atoms with E-state index in [1.807, 2.05) is 24.4 Å². The molecule has 0 aliphatic rings. The van der Waals surface area contributed by atoms with Gasteiger partial charge in [-0.3, -0.25) is 4.98 Å². The van der Waals surface area contributed by atoms with E-state index in [9.17, 15) is 4.39 Å². The minimum absolute atomic E-state index is 0.0210. The first-order chi connectivity index (χ1) is 10.8. The van der Waals surface area contributed by atoms with Crippen molar-refractivity contribution in [1.82, 2.24) is 9.97 Å². The van der Waals surface area contributed by atoms with Gasteiger partial charge in [-0.05, 0) is 47.5 Å². The summed E-state index contributed by atoms with van der Waals surface area (Å²) in [5.74, 6) is -0.263. The van der Waals surface area contributed by atoms with Gasteiger partial charge < -0.3 is 10.1 Å². The molecule has 0 unspecified atom stereocenters. The average Bonchev–Trinajstić information content (AvgIpc) is 2.98. The molecule has 0 saturated carbocycles. The molecule has 110 valence electrons. The third kappa shape index (κ3) is 2.82. The van der Waals surface area contributed by atoms with Gasteiger partial charge in [-0.15, -0.1) is 0 Å². The summed E-state index contributed by atoms with van der Waals surface area (Å²) in [6.45, 7) is -0.0210. The van der Waals surface area contributed by atoms with E-state index in [1.54, 1.807) is 30.6 Å². The Morgan fingerprint density at radius 3 is 2.45 bits per heavy atom. The van der Waals surface area contributed by atoms with Crippen molar-refractivity contribution in [3.05, 3.63) is 72.4 Å². The van der Waals surface area contributed by atoms with Crippen LogP contribution in [0.3, 0.4) is 0 Å². The van der Waals surface area contributed by atoms with Gasteiger partial charge in [0.2, 0.25) is 0 Å². The maximum Gasteiger partial charge on any atom is 0.123 e. The van der Waals surface area contributed by atoms with Gasteiger partial charge in [0.15, 0.2) is 0 Å². The molecule has 0 bridgehead atoms. The summed E-state index contributed by atoms with van der Waals surface area (Å²) >= 11 is 0. The van der Waals surface area contributed by atoms with Crippen molar-refractivity contribution in [3.63, 3.8) is 0 Å². The second kappa shape index (κ2) is 6.37. The van der Waals surface area contributed by atoms with Gasteiger partial charge in [0.25, 0.3) is 0 Å². The summed E-state index contributed by atoms with van der Waals surface area (Å²) < 4.78 is 13.1. The van der Waals surface area contributed by atoms with Crippen LogP contribution in [0.2, 0.25) is 0 Å². The summed E-state index contributed by atoms with van der Waals surface area (Å²) in [5, 5.41) is 8.99. The van der Waals surface area contributed by atoms with E-state index in [1.165, 1.54) is 12.1 Å². The third-order valence-electron chi connectivity index (χ3n) is 3.42. The molecule has 0 amide bonds. The van der Waals surface area contributed by atoms with Crippen LogP contribution in [0, 0.1) is 5.82 Å². The minimum Gasteiger partial charge on any atom is -0.392 e. The van der Waals surface area contributed by atoms with Crippen LogP contribution in [-0.4, -0.2) is 21.7 Å². The van der Waals surface area contributed by atoms with Gasteiger partial charge in [-0.1, -0.05) is 12.2 Å².